The van der Waals surface area contributed by atoms with Crippen LogP contribution in [-0.2, 0) is 4.79 Å². The molecule has 2 aliphatic carbocycles. The standard InChI is InChI=1S/C15H23NO2/c17-14-10-15(18)16(11-6-2-1-3-7-11)13-9-5-4-8-12(13)14/h10-13,17H,1-9H2. The van der Waals surface area contributed by atoms with Gasteiger partial charge in [0.15, 0.2) is 0 Å². The van der Waals surface area contributed by atoms with Gasteiger partial charge in [0.25, 0.3) is 0 Å². The Balaban J connectivity index is 1.84. The molecule has 0 saturated heterocycles. The van der Waals surface area contributed by atoms with Gasteiger partial charge in [-0.1, -0.05) is 32.1 Å². The number of nitrogens with zero attached hydrogens (tertiary/aromatic N) is 1. The highest BCUT2D eigenvalue weighted by Gasteiger charge is 2.41. The highest BCUT2D eigenvalue weighted by molar-refractivity contribution is 5.89. The van der Waals surface area contributed by atoms with Crippen molar-refractivity contribution in [3.8, 4) is 0 Å². The Hall–Kier alpha value is -0.990. The molecule has 0 spiro atoms. The molecule has 1 amide bonds. The molecule has 3 rings (SSSR count). The molecule has 2 saturated carbocycles. The predicted molar refractivity (Wildman–Crippen MR) is 70.2 cm³/mol. The first-order valence-electron chi connectivity index (χ1n) is 7.50. The summed E-state index contributed by atoms with van der Waals surface area (Å²) in [6.45, 7) is 0. The van der Waals surface area contributed by atoms with Crippen LogP contribution in [0.4, 0.5) is 0 Å². The third-order valence-electron chi connectivity index (χ3n) is 4.96. The number of aliphatic hydroxyl groups excluding tert-OH is 1. The van der Waals surface area contributed by atoms with Crippen LogP contribution in [0.2, 0.25) is 0 Å². The average Bonchev–Trinajstić information content (AvgIpc) is 2.40. The number of hydrogen-bond donors (Lipinski definition) is 1. The summed E-state index contributed by atoms with van der Waals surface area (Å²) >= 11 is 0. The van der Waals surface area contributed by atoms with Gasteiger partial charge >= 0.3 is 0 Å². The van der Waals surface area contributed by atoms with Gasteiger partial charge in [0, 0.05) is 24.1 Å². The Bertz CT molecular complexity index is 358. The number of carbonyl (C=O) groups excluding carboxylic acids is 1. The summed E-state index contributed by atoms with van der Waals surface area (Å²) in [5.41, 5.74) is 0. The first kappa shape index (κ1) is 12.1. The third-order valence-corrected chi connectivity index (χ3v) is 4.96. The lowest BCUT2D eigenvalue weighted by Gasteiger charge is -2.47. The van der Waals surface area contributed by atoms with Gasteiger partial charge in [0.2, 0.25) is 5.91 Å². The van der Waals surface area contributed by atoms with E-state index in [1.54, 1.807) is 0 Å². The van der Waals surface area contributed by atoms with E-state index in [-0.39, 0.29) is 17.9 Å². The van der Waals surface area contributed by atoms with Gasteiger partial charge in [-0.05, 0) is 25.7 Å². The zero-order valence-electron chi connectivity index (χ0n) is 11.0. The first-order valence-corrected chi connectivity index (χ1v) is 7.50. The smallest absolute Gasteiger partial charge is 0.250 e. The summed E-state index contributed by atoms with van der Waals surface area (Å²) < 4.78 is 0. The van der Waals surface area contributed by atoms with E-state index < -0.39 is 0 Å². The van der Waals surface area contributed by atoms with E-state index in [0.717, 1.165) is 25.7 Å². The van der Waals surface area contributed by atoms with Crippen molar-refractivity contribution in [1.29, 1.82) is 0 Å². The molecule has 3 heteroatoms. The van der Waals surface area contributed by atoms with E-state index >= 15 is 0 Å². The Labute approximate surface area is 109 Å². The van der Waals surface area contributed by atoms with Crippen LogP contribution in [0, 0.1) is 5.92 Å². The van der Waals surface area contributed by atoms with Crippen molar-refractivity contribution in [3.05, 3.63) is 11.8 Å². The molecule has 2 atom stereocenters. The minimum absolute atomic E-state index is 0.0579. The molecule has 1 heterocycles. The van der Waals surface area contributed by atoms with Crippen molar-refractivity contribution >= 4 is 5.91 Å². The molecule has 3 aliphatic rings. The fourth-order valence-electron chi connectivity index (χ4n) is 4.07. The van der Waals surface area contributed by atoms with E-state index in [1.807, 2.05) is 0 Å². The van der Waals surface area contributed by atoms with Gasteiger partial charge in [0.1, 0.15) is 5.76 Å². The van der Waals surface area contributed by atoms with Gasteiger partial charge in [-0.3, -0.25) is 4.79 Å². The van der Waals surface area contributed by atoms with E-state index in [9.17, 15) is 9.90 Å². The molecular formula is C15H23NO2. The molecule has 3 nitrogen and oxygen atoms in total. The normalized spacial score (nSPS) is 34.1. The monoisotopic (exact) mass is 249 g/mol. The van der Waals surface area contributed by atoms with Crippen LogP contribution >= 0.6 is 0 Å². The number of hydrogen-bond acceptors (Lipinski definition) is 2. The molecule has 2 unspecified atom stereocenters. The molecule has 1 aliphatic heterocycles. The van der Waals surface area contributed by atoms with Crippen LogP contribution in [0.25, 0.3) is 0 Å². The molecular weight excluding hydrogens is 226 g/mol. The maximum absolute atomic E-state index is 12.2. The molecule has 18 heavy (non-hydrogen) atoms. The predicted octanol–water partition coefficient (Wildman–Crippen LogP) is 3.16. The van der Waals surface area contributed by atoms with Gasteiger partial charge < -0.3 is 10.0 Å². The maximum Gasteiger partial charge on any atom is 0.250 e. The van der Waals surface area contributed by atoms with Crippen LogP contribution in [0.3, 0.4) is 0 Å². The summed E-state index contributed by atoms with van der Waals surface area (Å²) in [5.74, 6) is 0.623. The lowest BCUT2D eigenvalue weighted by molar-refractivity contribution is -0.136. The van der Waals surface area contributed by atoms with E-state index in [1.165, 1.54) is 38.2 Å². The Kier molecular flexibility index (Phi) is 3.31. The second kappa shape index (κ2) is 4.94. The molecule has 0 aromatic carbocycles. The quantitative estimate of drug-likeness (QED) is 0.775. The van der Waals surface area contributed by atoms with Crippen LogP contribution in [-0.4, -0.2) is 28.0 Å². The Morgan fingerprint density at radius 2 is 1.67 bits per heavy atom. The maximum atomic E-state index is 12.2. The summed E-state index contributed by atoms with van der Waals surface area (Å²) in [6, 6.07) is 0.709. The highest BCUT2D eigenvalue weighted by atomic mass is 16.3. The van der Waals surface area contributed by atoms with E-state index in [4.69, 9.17) is 0 Å². The number of rotatable bonds is 1. The Morgan fingerprint density at radius 3 is 2.44 bits per heavy atom. The van der Waals surface area contributed by atoms with Gasteiger partial charge in [-0.2, -0.15) is 0 Å². The number of carbonyl (C=O) groups is 1. The lowest BCUT2D eigenvalue weighted by Crippen LogP contribution is -2.54. The van der Waals surface area contributed by atoms with Crippen LogP contribution < -0.4 is 0 Å². The fourth-order valence-corrected chi connectivity index (χ4v) is 4.07. The minimum Gasteiger partial charge on any atom is -0.512 e. The van der Waals surface area contributed by atoms with E-state index in [0.29, 0.717) is 11.8 Å². The van der Waals surface area contributed by atoms with Gasteiger partial charge in [-0.25, -0.2) is 0 Å². The van der Waals surface area contributed by atoms with Crippen molar-refractivity contribution in [2.24, 2.45) is 5.92 Å². The van der Waals surface area contributed by atoms with Crippen LogP contribution in [0.5, 0.6) is 0 Å². The topological polar surface area (TPSA) is 40.5 Å². The van der Waals surface area contributed by atoms with Crippen molar-refractivity contribution in [2.75, 3.05) is 0 Å². The van der Waals surface area contributed by atoms with Gasteiger partial charge in [0.05, 0.1) is 0 Å². The number of aliphatic hydroxyl groups is 1. The lowest BCUT2D eigenvalue weighted by atomic mass is 9.78. The summed E-state index contributed by atoms with van der Waals surface area (Å²) in [4.78, 5) is 14.4. The largest absolute Gasteiger partial charge is 0.512 e. The first-order chi connectivity index (χ1) is 8.77. The van der Waals surface area contributed by atoms with Crippen molar-refractivity contribution in [3.63, 3.8) is 0 Å². The second-order valence-corrected chi connectivity index (χ2v) is 6.06. The molecule has 100 valence electrons. The van der Waals surface area contributed by atoms with Crippen LogP contribution in [0.1, 0.15) is 57.8 Å². The average molecular weight is 249 g/mol. The van der Waals surface area contributed by atoms with E-state index in [2.05, 4.69) is 4.90 Å². The Morgan fingerprint density at radius 1 is 1.00 bits per heavy atom. The molecule has 2 fully saturated rings. The fraction of sp³-hybridized carbons (Fsp3) is 0.800. The summed E-state index contributed by atoms with van der Waals surface area (Å²) in [6.07, 6.45) is 12.1. The molecule has 0 radical (unpaired) electrons. The van der Waals surface area contributed by atoms with Crippen molar-refractivity contribution in [2.45, 2.75) is 69.9 Å². The summed E-state index contributed by atoms with van der Waals surface area (Å²) in [5, 5.41) is 10.0. The molecule has 0 aromatic rings. The molecule has 0 bridgehead atoms. The highest BCUT2D eigenvalue weighted by Crippen LogP contribution is 2.38. The van der Waals surface area contributed by atoms with Crippen molar-refractivity contribution in [1.82, 2.24) is 4.90 Å². The SMILES string of the molecule is O=C1C=C(O)C2CCCCC2N1C1CCCCC1. The second-order valence-electron chi connectivity index (χ2n) is 6.06. The zero-order chi connectivity index (χ0) is 12.5. The van der Waals surface area contributed by atoms with Crippen molar-refractivity contribution < 1.29 is 9.90 Å². The third kappa shape index (κ3) is 2.04. The van der Waals surface area contributed by atoms with Crippen LogP contribution in [0.15, 0.2) is 11.8 Å². The molecule has 1 N–H and O–H groups in total. The van der Waals surface area contributed by atoms with Gasteiger partial charge in [-0.15, -0.1) is 0 Å². The minimum atomic E-state index is 0.0579. The zero-order valence-corrected chi connectivity index (χ0v) is 11.0. The summed E-state index contributed by atoms with van der Waals surface area (Å²) in [7, 11) is 0. The molecule has 0 aromatic heterocycles. The number of fused-ring (bicyclic) bond motifs is 1. The number of amides is 1.